The zero-order chi connectivity index (χ0) is 15.6. The lowest BCUT2D eigenvalue weighted by molar-refractivity contribution is -0.138. The molecule has 0 N–H and O–H groups in total. The Morgan fingerprint density at radius 3 is 2.24 bits per heavy atom. The summed E-state index contributed by atoms with van der Waals surface area (Å²) in [6.07, 6.45) is -4.50. The summed E-state index contributed by atoms with van der Waals surface area (Å²) in [5.41, 5.74) is -1.36. The lowest BCUT2D eigenvalue weighted by Gasteiger charge is -2.14. The summed E-state index contributed by atoms with van der Waals surface area (Å²) in [7, 11) is 0. The van der Waals surface area contributed by atoms with E-state index in [9.17, 15) is 26.7 Å². The normalized spacial score (nSPS) is 11.3. The van der Waals surface area contributed by atoms with Gasteiger partial charge in [0.1, 0.15) is 17.8 Å². The fraction of sp³-hybridized carbons (Fsp3) is 0.0714. The molecular weight excluding hydrogens is 295 g/mol. The summed E-state index contributed by atoms with van der Waals surface area (Å²) < 4.78 is 69.3. The second-order valence-electron chi connectivity index (χ2n) is 4.05. The fourth-order valence-corrected chi connectivity index (χ4v) is 1.60. The van der Waals surface area contributed by atoms with E-state index in [4.69, 9.17) is 4.74 Å². The smallest absolute Gasteiger partial charge is 0.420 e. The number of rotatable bonds is 3. The quantitative estimate of drug-likeness (QED) is 0.612. The monoisotopic (exact) mass is 302 g/mol. The number of ether oxygens (including phenoxy) is 1. The molecular formula is C14H7F5O2. The molecule has 0 atom stereocenters. The highest BCUT2D eigenvalue weighted by Crippen LogP contribution is 2.38. The van der Waals surface area contributed by atoms with Crippen LogP contribution >= 0.6 is 0 Å². The lowest BCUT2D eigenvalue weighted by atomic mass is 10.1. The molecule has 2 aromatic rings. The average Bonchev–Trinajstić information content (AvgIpc) is 2.42. The Balaban J connectivity index is 2.43. The van der Waals surface area contributed by atoms with Crippen molar-refractivity contribution in [3.05, 3.63) is 59.2 Å². The molecule has 7 heteroatoms. The van der Waals surface area contributed by atoms with Crippen LogP contribution in [0.15, 0.2) is 36.4 Å². The van der Waals surface area contributed by atoms with Gasteiger partial charge < -0.3 is 4.74 Å². The average molecular weight is 302 g/mol. The van der Waals surface area contributed by atoms with Crippen molar-refractivity contribution in [2.24, 2.45) is 0 Å². The Morgan fingerprint density at radius 1 is 0.952 bits per heavy atom. The third-order valence-electron chi connectivity index (χ3n) is 2.56. The first-order valence-corrected chi connectivity index (χ1v) is 5.60. The van der Waals surface area contributed by atoms with Gasteiger partial charge in [0.05, 0.1) is 5.56 Å². The van der Waals surface area contributed by atoms with Crippen molar-refractivity contribution in [3.8, 4) is 11.5 Å². The van der Waals surface area contributed by atoms with Gasteiger partial charge in [0.15, 0.2) is 11.6 Å². The minimum atomic E-state index is -4.76. The highest BCUT2D eigenvalue weighted by Gasteiger charge is 2.35. The van der Waals surface area contributed by atoms with Crippen molar-refractivity contribution in [2.45, 2.75) is 6.18 Å². The number of halogens is 5. The summed E-state index contributed by atoms with van der Waals surface area (Å²) in [6, 6.07) is 5.03. The van der Waals surface area contributed by atoms with Crippen LogP contribution in [0, 0.1) is 11.6 Å². The molecule has 2 nitrogen and oxygen atoms in total. The predicted molar refractivity (Wildman–Crippen MR) is 63.3 cm³/mol. The van der Waals surface area contributed by atoms with E-state index in [1.54, 1.807) is 0 Å². The zero-order valence-corrected chi connectivity index (χ0v) is 10.2. The summed E-state index contributed by atoms with van der Waals surface area (Å²) in [5, 5.41) is 0. The molecule has 0 saturated carbocycles. The Kier molecular flexibility index (Phi) is 3.93. The van der Waals surface area contributed by atoms with Gasteiger partial charge in [-0.1, -0.05) is 0 Å². The van der Waals surface area contributed by atoms with E-state index >= 15 is 0 Å². The molecule has 0 unspecified atom stereocenters. The van der Waals surface area contributed by atoms with Crippen LogP contribution in [-0.2, 0) is 6.18 Å². The molecule has 0 spiro atoms. The topological polar surface area (TPSA) is 26.3 Å². The molecule has 0 fully saturated rings. The van der Waals surface area contributed by atoms with Gasteiger partial charge in [-0.25, -0.2) is 8.78 Å². The summed E-state index contributed by atoms with van der Waals surface area (Å²) >= 11 is 0. The molecule has 110 valence electrons. The maximum absolute atomic E-state index is 13.0. The van der Waals surface area contributed by atoms with E-state index < -0.39 is 29.1 Å². The van der Waals surface area contributed by atoms with Gasteiger partial charge >= 0.3 is 6.18 Å². The van der Waals surface area contributed by atoms with Crippen LogP contribution in [-0.4, -0.2) is 6.29 Å². The van der Waals surface area contributed by atoms with Gasteiger partial charge in [-0.05, 0) is 30.3 Å². The highest BCUT2D eigenvalue weighted by atomic mass is 19.4. The molecule has 0 aliphatic carbocycles. The number of benzene rings is 2. The van der Waals surface area contributed by atoms with Gasteiger partial charge in [-0.3, -0.25) is 4.79 Å². The van der Waals surface area contributed by atoms with Crippen LogP contribution in [0.5, 0.6) is 11.5 Å². The molecule has 0 amide bonds. The number of hydrogen-bond acceptors (Lipinski definition) is 2. The van der Waals surface area contributed by atoms with Gasteiger partial charge in [0.2, 0.25) is 0 Å². The van der Waals surface area contributed by atoms with Crippen molar-refractivity contribution in [1.29, 1.82) is 0 Å². The van der Waals surface area contributed by atoms with Gasteiger partial charge in [-0.15, -0.1) is 0 Å². The van der Waals surface area contributed by atoms with Crippen LogP contribution < -0.4 is 4.74 Å². The van der Waals surface area contributed by atoms with E-state index in [2.05, 4.69) is 0 Å². The van der Waals surface area contributed by atoms with Crippen molar-refractivity contribution in [3.63, 3.8) is 0 Å². The Labute approximate surface area is 115 Å². The van der Waals surface area contributed by atoms with Gasteiger partial charge in [-0.2, -0.15) is 13.2 Å². The lowest BCUT2D eigenvalue weighted by Crippen LogP contribution is -2.08. The summed E-state index contributed by atoms with van der Waals surface area (Å²) in [6.45, 7) is 0. The van der Waals surface area contributed by atoms with Crippen molar-refractivity contribution < 1.29 is 31.5 Å². The van der Waals surface area contributed by atoms with Crippen LogP contribution in [0.3, 0.4) is 0 Å². The Hall–Kier alpha value is -2.44. The summed E-state index contributed by atoms with van der Waals surface area (Å²) in [5.74, 6) is -3.29. The first kappa shape index (κ1) is 15.0. The first-order chi connectivity index (χ1) is 9.81. The van der Waals surface area contributed by atoms with Gasteiger partial charge in [0, 0.05) is 11.6 Å². The second-order valence-corrected chi connectivity index (χ2v) is 4.05. The zero-order valence-electron chi connectivity index (χ0n) is 10.2. The standard InChI is InChI=1S/C14H7F5O2/c15-11-3-2-9(6-12(11)16)21-13-4-1-8(7-20)5-10(13)14(17,18)19/h1-7H. The minimum absolute atomic E-state index is 0.181. The largest absolute Gasteiger partial charge is 0.457 e. The molecule has 0 aromatic heterocycles. The van der Waals surface area contributed by atoms with Crippen LogP contribution in [0.25, 0.3) is 0 Å². The highest BCUT2D eigenvalue weighted by molar-refractivity contribution is 5.75. The molecule has 0 saturated heterocycles. The molecule has 0 aliphatic heterocycles. The third kappa shape index (κ3) is 3.36. The van der Waals surface area contributed by atoms with E-state index in [0.29, 0.717) is 12.1 Å². The number of aldehydes is 1. The number of alkyl halides is 3. The number of carbonyl (C=O) groups is 1. The maximum Gasteiger partial charge on any atom is 0.420 e. The molecule has 0 bridgehead atoms. The number of carbonyl (C=O) groups excluding carboxylic acids is 1. The van der Waals surface area contributed by atoms with E-state index in [0.717, 1.165) is 24.3 Å². The van der Waals surface area contributed by atoms with E-state index in [1.165, 1.54) is 0 Å². The fourth-order valence-electron chi connectivity index (χ4n) is 1.60. The minimum Gasteiger partial charge on any atom is -0.457 e. The van der Waals surface area contributed by atoms with Crippen LogP contribution in [0.2, 0.25) is 0 Å². The molecule has 0 heterocycles. The molecule has 0 radical (unpaired) electrons. The van der Waals surface area contributed by atoms with Crippen LogP contribution in [0.1, 0.15) is 15.9 Å². The van der Waals surface area contributed by atoms with Crippen LogP contribution in [0.4, 0.5) is 22.0 Å². The van der Waals surface area contributed by atoms with Gasteiger partial charge in [0.25, 0.3) is 0 Å². The van der Waals surface area contributed by atoms with Crippen molar-refractivity contribution in [1.82, 2.24) is 0 Å². The first-order valence-electron chi connectivity index (χ1n) is 5.60. The van der Waals surface area contributed by atoms with E-state index in [-0.39, 0.29) is 17.6 Å². The Bertz CT molecular complexity index is 680. The van der Waals surface area contributed by atoms with E-state index in [1.807, 2.05) is 0 Å². The molecule has 21 heavy (non-hydrogen) atoms. The molecule has 2 rings (SSSR count). The number of hydrogen-bond donors (Lipinski definition) is 0. The SMILES string of the molecule is O=Cc1ccc(Oc2ccc(F)c(F)c2)c(C(F)(F)F)c1. The molecule has 0 aliphatic rings. The third-order valence-corrected chi connectivity index (χ3v) is 2.56. The van der Waals surface area contributed by atoms with Crippen molar-refractivity contribution in [2.75, 3.05) is 0 Å². The Morgan fingerprint density at radius 2 is 1.67 bits per heavy atom. The molecule has 2 aromatic carbocycles. The summed E-state index contributed by atoms with van der Waals surface area (Å²) in [4.78, 5) is 10.5. The second kappa shape index (κ2) is 5.51. The predicted octanol–water partition coefficient (Wildman–Crippen LogP) is 4.59. The maximum atomic E-state index is 13.0. The van der Waals surface area contributed by atoms with Crippen molar-refractivity contribution >= 4 is 6.29 Å².